The average Bonchev–Trinajstić information content (AvgIpc) is 3.03. The number of carbonyl (C=O) groups is 1. The molecule has 0 aliphatic heterocycles. The van der Waals surface area contributed by atoms with Gasteiger partial charge in [0.25, 0.3) is 0 Å². The summed E-state index contributed by atoms with van der Waals surface area (Å²) in [6.45, 7) is 8.97. The average molecular weight is 630 g/mol. The number of hydrogen-bond acceptors (Lipinski definition) is 6. The molecule has 0 aromatic heterocycles. The minimum absolute atomic E-state index is 0.0398. The van der Waals surface area contributed by atoms with Crippen molar-refractivity contribution in [2.24, 2.45) is 0 Å². The third-order valence-corrected chi connectivity index (χ3v) is 8.23. The van der Waals surface area contributed by atoms with Crippen LogP contribution in [0.5, 0.6) is 0 Å². The number of carbonyl (C=O) groups excluding carboxylic acids is 1. The summed E-state index contributed by atoms with van der Waals surface area (Å²) in [7, 11) is 0. The number of amides is 1. The Balaban J connectivity index is 4.02. The number of hydrogen-bond donors (Lipinski definition) is 2. The van der Waals surface area contributed by atoms with Crippen LogP contribution in [0.2, 0.25) is 0 Å². The Morgan fingerprint density at radius 1 is 0.568 bits per heavy atom. The molecule has 0 saturated carbocycles. The normalized spacial score (nSPS) is 12.8. The van der Waals surface area contributed by atoms with Gasteiger partial charge >= 0.3 is 6.09 Å². The van der Waals surface area contributed by atoms with E-state index in [9.17, 15) is 4.79 Å². The SMILES string of the molecule is CCCCCCCCCCCCCCOCC(COC(=O)NCCOC(C)CO)OCCCCCCCCCCCCCC. The van der Waals surface area contributed by atoms with Crippen LogP contribution in [0, 0.1) is 0 Å². The summed E-state index contributed by atoms with van der Waals surface area (Å²) < 4.78 is 22.8. The summed E-state index contributed by atoms with van der Waals surface area (Å²) in [5.41, 5.74) is 0. The van der Waals surface area contributed by atoms with Crippen molar-refractivity contribution in [2.45, 2.75) is 187 Å². The van der Waals surface area contributed by atoms with E-state index in [1.54, 1.807) is 6.92 Å². The Morgan fingerprint density at radius 3 is 1.45 bits per heavy atom. The summed E-state index contributed by atoms with van der Waals surface area (Å²) in [5, 5.41) is 11.7. The van der Waals surface area contributed by atoms with Gasteiger partial charge in [-0.2, -0.15) is 0 Å². The van der Waals surface area contributed by atoms with Gasteiger partial charge < -0.3 is 29.4 Å². The van der Waals surface area contributed by atoms with E-state index in [1.807, 2.05) is 0 Å². The third-order valence-electron chi connectivity index (χ3n) is 8.23. The van der Waals surface area contributed by atoms with Gasteiger partial charge in [-0.25, -0.2) is 4.79 Å². The second-order valence-electron chi connectivity index (χ2n) is 12.7. The molecule has 0 bridgehead atoms. The van der Waals surface area contributed by atoms with Gasteiger partial charge in [0.1, 0.15) is 12.7 Å². The van der Waals surface area contributed by atoms with Gasteiger partial charge in [-0.1, -0.05) is 155 Å². The molecule has 7 heteroatoms. The highest BCUT2D eigenvalue weighted by atomic mass is 16.6. The fourth-order valence-electron chi connectivity index (χ4n) is 5.28. The van der Waals surface area contributed by atoms with E-state index in [-0.39, 0.29) is 25.4 Å². The number of alkyl carbamates (subject to hydrolysis) is 1. The van der Waals surface area contributed by atoms with Crippen molar-refractivity contribution in [3.8, 4) is 0 Å². The quantitative estimate of drug-likeness (QED) is 0.0671. The van der Waals surface area contributed by atoms with Gasteiger partial charge in [-0.05, 0) is 19.8 Å². The van der Waals surface area contributed by atoms with Crippen LogP contribution >= 0.6 is 0 Å². The van der Waals surface area contributed by atoms with Crippen LogP contribution in [0.1, 0.15) is 175 Å². The van der Waals surface area contributed by atoms with Crippen LogP contribution in [-0.2, 0) is 18.9 Å². The molecule has 2 atom stereocenters. The second kappa shape index (κ2) is 36.6. The zero-order chi connectivity index (χ0) is 32.2. The van der Waals surface area contributed by atoms with Crippen LogP contribution in [0.25, 0.3) is 0 Å². The lowest BCUT2D eigenvalue weighted by Gasteiger charge is -2.18. The van der Waals surface area contributed by atoms with Crippen molar-refractivity contribution in [2.75, 3.05) is 46.2 Å². The summed E-state index contributed by atoms with van der Waals surface area (Å²) in [6, 6.07) is 0. The lowest BCUT2D eigenvalue weighted by molar-refractivity contribution is -0.0471. The van der Waals surface area contributed by atoms with Gasteiger partial charge in [0.15, 0.2) is 0 Å². The number of aliphatic hydroxyl groups is 1. The lowest BCUT2D eigenvalue weighted by atomic mass is 10.1. The maximum atomic E-state index is 12.1. The van der Waals surface area contributed by atoms with Crippen molar-refractivity contribution in [1.29, 1.82) is 0 Å². The molecule has 7 nitrogen and oxygen atoms in total. The van der Waals surface area contributed by atoms with E-state index >= 15 is 0 Å². The maximum Gasteiger partial charge on any atom is 0.407 e. The molecular formula is C37H75NO6. The highest BCUT2D eigenvalue weighted by Gasteiger charge is 2.13. The lowest BCUT2D eigenvalue weighted by Crippen LogP contribution is -2.34. The van der Waals surface area contributed by atoms with E-state index in [0.717, 1.165) is 19.4 Å². The fraction of sp³-hybridized carbons (Fsp3) is 0.973. The van der Waals surface area contributed by atoms with E-state index < -0.39 is 6.09 Å². The van der Waals surface area contributed by atoms with E-state index in [2.05, 4.69) is 19.2 Å². The second-order valence-corrected chi connectivity index (χ2v) is 12.7. The number of rotatable bonds is 36. The summed E-state index contributed by atoms with van der Waals surface area (Å²) >= 11 is 0. The number of unbranched alkanes of at least 4 members (excludes halogenated alkanes) is 22. The first-order valence-corrected chi connectivity index (χ1v) is 19.0. The smallest absolute Gasteiger partial charge is 0.407 e. The summed E-state index contributed by atoms with van der Waals surface area (Å²) in [6.07, 6.45) is 30.7. The molecule has 0 heterocycles. The molecule has 0 aliphatic rings. The first-order valence-electron chi connectivity index (χ1n) is 19.0. The van der Waals surface area contributed by atoms with Crippen LogP contribution < -0.4 is 5.32 Å². The van der Waals surface area contributed by atoms with E-state index in [4.69, 9.17) is 24.1 Å². The van der Waals surface area contributed by atoms with Crippen LogP contribution in [0.3, 0.4) is 0 Å². The predicted molar refractivity (Wildman–Crippen MR) is 185 cm³/mol. The van der Waals surface area contributed by atoms with E-state index in [0.29, 0.717) is 26.4 Å². The van der Waals surface area contributed by atoms with Crippen molar-refractivity contribution in [3.63, 3.8) is 0 Å². The molecule has 2 N–H and O–H groups in total. The van der Waals surface area contributed by atoms with Gasteiger partial charge in [0.05, 0.1) is 25.9 Å². The first-order chi connectivity index (χ1) is 21.6. The highest BCUT2D eigenvalue weighted by Crippen LogP contribution is 2.13. The van der Waals surface area contributed by atoms with Crippen molar-refractivity contribution in [3.05, 3.63) is 0 Å². The van der Waals surface area contributed by atoms with Crippen molar-refractivity contribution in [1.82, 2.24) is 5.32 Å². The largest absolute Gasteiger partial charge is 0.447 e. The molecule has 0 aromatic rings. The van der Waals surface area contributed by atoms with E-state index in [1.165, 1.54) is 141 Å². The van der Waals surface area contributed by atoms with Gasteiger partial charge in [0.2, 0.25) is 0 Å². The first kappa shape index (κ1) is 43.1. The molecule has 0 fully saturated rings. The van der Waals surface area contributed by atoms with Crippen molar-refractivity contribution < 1.29 is 28.8 Å². The molecule has 0 saturated heterocycles. The van der Waals surface area contributed by atoms with Gasteiger partial charge in [-0.15, -0.1) is 0 Å². The summed E-state index contributed by atoms with van der Waals surface area (Å²) in [5.74, 6) is 0. The standard InChI is InChI=1S/C37H75NO6/c1-4-6-8-10-12-14-16-18-20-22-24-26-29-41-33-36(34-44-37(40)38-28-31-42-35(3)32-39)43-30-27-25-23-21-19-17-15-13-11-9-7-5-2/h35-36,39H,4-34H2,1-3H3,(H,38,40). The Hall–Kier alpha value is -0.890. The minimum Gasteiger partial charge on any atom is -0.447 e. The van der Waals surface area contributed by atoms with Crippen LogP contribution in [0.15, 0.2) is 0 Å². The Morgan fingerprint density at radius 2 is 1.00 bits per heavy atom. The monoisotopic (exact) mass is 630 g/mol. The molecular weight excluding hydrogens is 554 g/mol. The van der Waals surface area contributed by atoms with Gasteiger partial charge in [-0.3, -0.25) is 0 Å². The molecule has 44 heavy (non-hydrogen) atoms. The molecule has 0 aromatic carbocycles. The Bertz CT molecular complexity index is 564. The van der Waals surface area contributed by atoms with Crippen molar-refractivity contribution >= 4 is 6.09 Å². The molecule has 264 valence electrons. The number of ether oxygens (including phenoxy) is 4. The topological polar surface area (TPSA) is 86.3 Å². The zero-order valence-electron chi connectivity index (χ0n) is 29.6. The fourth-order valence-corrected chi connectivity index (χ4v) is 5.28. The summed E-state index contributed by atoms with van der Waals surface area (Å²) in [4.78, 5) is 12.1. The number of nitrogens with one attached hydrogen (secondary N) is 1. The van der Waals surface area contributed by atoms with Crippen LogP contribution in [0.4, 0.5) is 4.79 Å². The predicted octanol–water partition coefficient (Wildman–Crippen LogP) is 9.91. The molecule has 1 amide bonds. The third kappa shape index (κ3) is 34.0. The Kier molecular flexibility index (Phi) is 35.8. The molecule has 0 rings (SSSR count). The maximum absolute atomic E-state index is 12.1. The molecule has 2 unspecified atom stereocenters. The molecule has 0 spiro atoms. The molecule has 0 aliphatic carbocycles. The minimum atomic E-state index is -0.481. The Labute approximate surface area is 273 Å². The highest BCUT2D eigenvalue weighted by molar-refractivity contribution is 5.67. The molecule has 0 radical (unpaired) electrons. The van der Waals surface area contributed by atoms with Crippen LogP contribution in [-0.4, -0.2) is 69.6 Å². The van der Waals surface area contributed by atoms with Gasteiger partial charge in [0, 0.05) is 19.8 Å². The zero-order valence-corrected chi connectivity index (χ0v) is 29.6. The number of aliphatic hydroxyl groups excluding tert-OH is 1.